The molecule has 0 spiro atoms. The first-order valence-corrected chi connectivity index (χ1v) is 6.02. The molecule has 0 saturated carbocycles. The molecule has 0 radical (unpaired) electrons. The molecular formula is C13H18N2O2. The highest BCUT2D eigenvalue weighted by atomic mass is 16.5. The van der Waals surface area contributed by atoms with Gasteiger partial charge in [-0.2, -0.15) is 0 Å². The molecular weight excluding hydrogens is 216 g/mol. The maximum atomic E-state index is 11.9. The predicted molar refractivity (Wildman–Crippen MR) is 66.0 cm³/mol. The van der Waals surface area contributed by atoms with Gasteiger partial charge in [-0.3, -0.25) is 4.79 Å². The summed E-state index contributed by atoms with van der Waals surface area (Å²) in [5, 5.41) is 2.93. The zero-order valence-corrected chi connectivity index (χ0v) is 9.82. The second kappa shape index (κ2) is 5.68. The third-order valence-corrected chi connectivity index (χ3v) is 2.95. The molecule has 4 nitrogen and oxygen atoms in total. The van der Waals surface area contributed by atoms with Crippen LogP contribution in [0.1, 0.15) is 24.3 Å². The summed E-state index contributed by atoms with van der Waals surface area (Å²) < 4.78 is 5.48. The van der Waals surface area contributed by atoms with Crippen LogP contribution in [0, 0.1) is 0 Å². The number of fused-ring (bicyclic) bond motifs is 1. The molecule has 3 N–H and O–H groups in total. The second-order valence-electron chi connectivity index (χ2n) is 4.19. The number of carbonyl (C=O) groups is 1. The van der Waals surface area contributed by atoms with Crippen LogP contribution in [0.25, 0.3) is 0 Å². The first kappa shape index (κ1) is 11.9. The smallest absolute Gasteiger partial charge is 0.231 e. The molecule has 1 heterocycles. The van der Waals surface area contributed by atoms with Gasteiger partial charge < -0.3 is 15.8 Å². The fraction of sp³-hybridized carbons (Fsp3) is 0.462. The van der Waals surface area contributed by atoms with E-state index in [0.717, 1.165) is 24.2 Å². The maximum Gasteiger partial charge on any atom is 0.231 e. The van der Waals surface area contributed by atoms with Gasteiger partial charge in [-0.25, -0.2) is 0 Å². The van der Waals surface area contributed by atoms with Gasteiger partial charge in [0.25, 0.3) is 0 Å². The number of carbonyl (C=O) groups excluding carboxylic acids is 1. The molecule has 1 atom stereocenters. The SMILES string of the molecule is NCCCCNC(=O)C1COc2ccccc21. The van der Waals surface area contributed by atoms with Gasteiger partial charge in [0.1, 0.15) is 18.3 Å². The lowest BCUT2D eigenvalue weighted by atomic mass is 10.0. The van der Waals surface area contributed by atoms with E-state index in [4.69, 9.17) is 10.5 Å². The number of hydrogen-bond acceptors (Lipinski definition) is 3. The van der Waals surface area contributed by atoms with Crippen LogP contribution in [0.3, 0.4) is 0 Å². The van der Waals surface area contributed by atoms with Crippen molar-refractivity contribution in [2.45, 2.75) is 18.8 Å². The van der Waals surface area contributed by atoms with Crippen LogP contribution >= 0.6 is 0 Å². The lowest BCUT2D eigenvalue weighted by molar-refractivity contribution is -0.122. The Morgan fingerprint density at radius 1 is 1.41 bits per heavy atom. The fourth-order valence-electron chi connectivity index (χ4n) is 1.98. The summed E-state index contributed by atoms with van der Waals surface area (Å²) in [7, 11) is 0. The number of amides is 1. The van der Waals surface area contributed by atoms with Gasteiger partial charge in [0.2, 0.25) is 5.91 Å². The Morgan fingerprint density at radius 3 is 3.06 bits per heavy atom. The quantitative estimate of drug-likeness (QED) is 0.748. The van der Waals surface area contributed by atoms with Crippen LogP contribution in [0.5, 0.6) is 5.75 Å². The topological polar surface area (TPSA) is 64.3 Å². The largest absolute Gasteiger partial charge is 0.492 e. The molecule has 4 heteroatoms. The zero-order valence-electron chi connectivity index (χ0n) is 9.82. The van der Waals surface area contributed by atoms with Gasteiger partial charge >= 0.3 is 0 Å². The number of para-hydroxylation sites is 1. The molecule has 1 aliphatic heterocycles. The summed E-state index contributed by atoms with van der Waals surface area (Å²) in [5.41, 5.74) is 6.39. The molecule has 1 aliphatic rings. The maximum absolute atomic E-state index is 11.9. The number of hydrogen-bond donors (Lipinski definition) is 2. The second-order valence-corrected chi connectivity index (χ2v) is 4.19. The van der Waals surface area contributed by atoms with Crippen molar-refractivity contribution in [1.82, 2.24) is 5.32 Å². The Hall–Kier alpha value is -1.55. The van der Waals surface area contributed by atoms with E-state index in [-0.39, 0.29) is 11.8 Å². The van der Waals surface area contributed by atoms with Crippen molar-refractivity contribution < 1.29 is 9.53 Å². The van der Waals surface area contributed by atoms with Crippen LogP contribution in [-0.4, -0.2) is 25.6 Å². The van der Waals surface area contributed by atoms with Gasteiger partial charge in [0.05, 0.1) is 0 Å². The highest BCUT2D eigenvalue weighted by molar-refractivity contribution is 5.85. The summed E-state index contributed by atoms with van der Waals surface area (Å²) >= 11 is 0. The third kappa shape index (κ3) is 2.77. The molecule has 1 unspecified atom stereocenters. The van der Waals surface area contributed by atoms with Crippen molar-refractivity contribution in [2.75, 3.05) is 19.7 Å². The van der Waals surface area contributed by atoms with Crippen LogP contribution < -0.4 is 15.8 Å². The molecule has 92 valence electrons. The Kier molecular flexibility index (Phi) is 3.98. The number of nitrogens with one attached hydrogen (secondary N) is 1. The first-order valence-electron chi connectivity index (χ1n) is 6.02. The van der Waals surface area contributed by atoms with E-state index in [1.165, 1.54) is 0 Å². The van der Waals surface area contributed by atoms with Crippen molar-refractivity contribution in [1.29, 1.82) is 0 Å². The minimum absolute atomic E-state index is 0.0481. The van der Waals surface area contributed by atoms with E-state index >= 15 is 0 Å². The fourth-order valence-corrected chi connectivity index (χ4v) is 1.98. The third-order valence-electron chi connectivity index (χ3n) is 2.95. The van der Waals surface area contributed by atoms with Crippen molar-refractivity contribution in [3.05, 3.63) is 29.8 Å². The zero-order chi connectivity index (χ0) is 12.1. The summed E-state index contributed by atoms with van der Waals surface area (Å²) in [6, 6.07) is 7.70. The van der Waals surface area contributed by atoms with Crippen molar-refractivity contribution >= 4 is 5.91 Å². The molecule has 17 heavy (non-hydrogen) atoms. The molecule has 0 aromatic heterocycles. The van der Waals surface area contributed by atoms with Gasteiger partial charge in [-0.1, -0.05) is 18.2 Å². The monoisotopic (exact) mass is 234 g/mol. The molecule has 1 aromatic rings. The lowest BCUT2D eigenvalue weighted by Gasteiger charge is -2.09. The van der Waals surface area contributed by atoms with Gasteiger partial charge in [-0.05, 0) is 25.5 Å². The standard InChI is InChI=1S/C13H18N2O2/c14-7-3-4-8-15-13(16)11-9-17-12-6-2-1-5-10(11)12/h1-2,5-6,11H,3-4,7-9,14H2,(H,15,16). The molecule has 1 aromatic carbocycles. The Bertz CT molecular complexity index is 393. The summed E-state index contributed by atoms with van der Waals surface area (Å²) in [6.45, 7) is 1.81. The molecule has 0 fully saturated rings. The van der Waals surface area contributed by atoms with E-state index in [0.29, 0.717) is 19.7 Å². The van der Waals surface area contributed by atoms with Crippen LogP contribution in [0.15, 0.2) is 24.3 Å². The Balaban J connectivity index is 1.89. The number of benzene rings is 1. The summed E-state index contributed by atoms with van der Waals surface area (Å²) in [4.78, 5) is 11.9. The molecule has 0 bridgehead atoms. The van der Waals surface area contributed by atoms with Crippen LogP contribution in [0.4, 0.5) is 0 Å². The van der Waals surface area contributed by atoms with Gasteiger partial charge in [-0.15, -0.1) is 0 Å². The number of nitrogens with two attached hydrogens (primary N) is 1. The van der Waals surface area contributed by atoms with Gasteiger partial charge in [0, 0.05) is 12.1 Å². The minimum Gasteiger partial charge on any atom is -0.492 e. The molecule has 0 aliphatic carbocycles. The number of ether oxygens (including phenoxy) is 1. The van der Waals surface area contributed by atoms with E-state index in [1.54, 1.807) is 0 Å². The summed E-state index contributed by atoms with van der Waals surface area (Å²) in [6.07, 6.45) is 1.87. The summed E-state index contributed by atoms with van der Waals surface area (Å²) in [5.74, 6) is 0.714. The normalized spacial score (nSPS) is 17.4. The van der Waals surface area contributed by atoms with Crippen molar-refractivity contribution in [3.8, 4) is 5.75 Å². The van der Waals surface area contributed by atoms with E-state index in [1.807, 2.05) is 24.3 Å². The highest BCUT2D eigenvalue weighted by Gasteiger charge is 2.29. The van der Waals surface area contributed by atoms with E-state index in [2.05, 4.69) is 5.32 Å². The Morgan fingerprint density at radius 2 is 2.24 bits per heavy atom. The molecule has 0 saturated heterocycles. The van der Waals surface area contributed by atoms with Crippen LogP contribution in [0.2, 0.25) is 0 Å². The highest BCUT2D eigenvalue weighted by Crippen LogP contribution is 2.33. The van der Waals surface area contributed by atoms with Crippen molar-refractivity contribution in [2.24, 2.45) is 5.73 Å². The lowest BCUT2D eigenvalue weighted by Crippen LogP contribution is -2.31. The molecule has 1 amide bonds. The molecule has 2 rings (SSSR count). The number of rotatable bonds is 5. The minimum atomic E-state index is -0.163. The van der Waals surface area contributed by atoms with E-state index in [9.17, 15) is 4.79 Å². The van der Waals surface area contributed by atoms with Crippen LogP contribution in [-0.2, 0) is 4.79 Å². The Labute approximate surface area is 101 Å². The number of unbranched alkanes of at least 4 members (excludes halogenated alkanes) is 1. The first-order chi connectivity index (χ1) is 8.33. The van der Waals surface area contributed by atoms with Crippen molar-refractivity contribution in [3.63, 3.8) is 0 Å². The van der Waals surface area contributed by atoms with E-state index < -0.39 is 0 Å². The van der Waals surface area contributed by atoms with Gasteiger partial charge in [0.15, 0.2) is 0 Å². The predicted octanol–water partition coefficient (Wildman–Crippen LogP) is 1.02. The average Bonchev–Trinajstić information content (AvgIpc) is 2.78. The average molecular weight is 234 g/mol.